The van der Waals surface area contributed by atoms with E-state index < -0.39 is 13.9 Å². The van der Waals surface area contributed by atoms with Crippen LogP contribution in [0.25, 0.3) is 0 Å². The van der Waals surface area contributed by atoms with Gasteiger partial charge in [0.05, 0.1) is 34.4 Å². The molecule has 192 valence electrons. The molecule has 0 heterocycles. The van der Waals surface area contributed by atoms with Crippen molar-refractivity contribution in [2.75, 3.05) is 54.1 Å². The number of hydrogen-bond donors (Lipinski definition) is 1. The van der Waals surface area contributed by atoms with Gasteiger partial charge in [-0.1, -0.05) is 70.4 Å². The Labute approximate surface area is 197 Å². The van der Waals surface area contributed by atoms with Gasteiger partial charge in [-0.05, 0) is 25.7 Å². The highest BCUT2D eigenvalue weighted by Gasteiger charge is 2.15. The van der Waals surface area contributed by atoms with Crippen LogP contribution in [0.3, 0.4) is 0 Å². The molecular formula is C24H50NO6P. The van der Waals surface area contributed by atoms with Crippen molar-refractivity contribution in [2.24, 2.45) is 0 Å². The summed E-state index contributed by atoms with van der Waals surface area (Å²) in [6, 6.07) is 0. The second-order valence-corrected chi connectivity index (χ2v) is 11.0. The maximum Gasteiger partial charge on any atom is 0.268 e. The minimum atomic E-state index is -4.39. The Kier molecular flexibility index (Phi) is 20.0. The van der Waals surface area contributed by atoms with Crippen LogP contribution in [0.2, 0.25) is 0 Å². The Morgan fingerprint density at radius 3 is 2.00 bits per heavy atom. The molecule has 7 nitrogen and oxygen atoms in total. The lowest BCUT2D eigenvalue weighted by Crippen LogP contribution is -2.37. The van der Waals surface area contributed by atoms with Gasteiger partial charge in [0.1, 0.15) is 19.3 Å². The monoisotopic (exact) mass is 479 g/mol. The summed E-state index contributed by atoms with van der Waals surface area (Å²) in [5, 5.41) is 9.80. The molecule has 0 bridgehead atoms. The molecule has 0 aromatic heterocycles. The van der Waals surface area contributed by atoms with E-state index in [0.29, 0.717) is 17.6 Å². The molecule has 0 radical (unpaired) electrons. The summed E-state index contributed by atoms with van der Waals surface area (Å²) in [5.74, 6) is 0. The Morgan fingerprint density at radius 1 is 0.844 bits per heavy atom. The molecule has 1 N–H and O–H groups in total. The van der Waals surface area contributed by atoms with Crippen LogP contribution in [0.4, 0.5) is 0 Å². The summed E-state index contributed by atoms with van der Waals surface area (Å²) < 4.78 is 27.2. The molecule has 0 fully saturated rings. The number of quaternary nitrogens is 1. The van der Waals surface area contributed by atoms with E-state index in [1.807, 2.05) is 21.1 Å². The third-order valence-corrected chi connectivity index (χ3v) is 6.01. The van der Waals surface area contributed by atoms with Gasteiger partial charge >= 0.3 is 0 Å². The molecule has 0 aromatic carbocycles. The second kappa shape index (κ2) is 20.1. The average Bonchev–Trinajstić information content (AvgIpc) is 2.71. The van der Waals surface area contributed by atoms with Crippen LogP contribution in [0.15, 0.2) is 12.2 Å². The molecule has 0 rings (SSSR count). The fourth-order valence-electron chi connectivity index (χ4n) is 3.02. The average molecular weight is 480 g/mol. The molecule has 0 aliphatic heterocycles. The largest absolute Gasteiger partial charge is 0.756 e. The Hall–Kier alpha value is -0.270. The maximum absolute atomic E-state index is 11.7. The number of likely N-dealkylation sites (N-methyl/N-ethyl adjacent to an activating group) is 1. The molecule has 0 saturated carbocycles. The molecule has 0 amide bonds. The first-order valence-electron chi connectivity index (χ1n) is 12.5. The van der Waals surface area contributed by atoms with E-state index in [4.69, 9.17) is 13.8 Å². The first-order chi connectivity index (χ1) is 15.2. The summed E-state index contributed by atoms with van der Waals surface area (Å²) in [6.45, 7) is 3.04. The Balaban J connectivity index is 3.49. The van der Waals surface area contributed by atoms with Crippen molar-refractivity contribution in [2.45, 2.75) is 90.1 Å². The van der Waals surface area contributed by atoms with Crippen molar-refractivity contribution in [3.63, 3.8) is 0 Å². The molecule has 0 aliphatic carbocycles. The number of phosphoric ester groups is 1. The van der Waals surface area contributed by atoms with Crippen molar-refractivity contribution in [1.29, 1.82) is 0 Å². The predicted octanol–water partition coefficient (Wildman–Crippen LogP) is 4.83. The van der Waals surface area contributed by atoms with Crippen LogP contribution < -0.4 is 4.89 Å². The number of aliphatic hydroxyl groups excluding tert-OH is 1. The van der Waals surface area contributed by atoms with Crippen molar-refractivity contribution in [1.82, 2.24) is 0 Å². The van der Waals surface area contributed by atoms with Crippen molar-refractivity contribution in [3.8, 4) is 0 Å². The second-order valence-electron chi connectivity index (χ2n) is 9.55. The van der Waals surface area contributed by atoms with Crippen LogP contribution in [0, 0.1) is 0 Å². The molecule has 0 saturated heterocycles. The summed E-state index contributed by atoms with van der Waals surface area (Å²) in [4.78, 5) is 11.7. The van der Waals surface area contributed by atoms with E-state index in [2.05, 4.69) is 19.1 Å². The zero-order valence-electron chi connectivity index (χ0n) is 21.1. The van der Waals surface area contributed by atoms with E-state index in [1.165, 1.54) is 57.8 Å². The molecule has 8 heteroatoms. The van der Waals surface area contributed by atoms with Crippen LogP contribution in [-0.4, -0.2) is 69.8 Å². The zero-order valence-corrected chi connectivity index (χ0v) is 22.0. The molecule has 0 aliphatic rings. The lowest BCUT2D eigenvalue weighted by molar-refractivity contribution is -0.870. The smallest absolute Gasteiger partial charge is 0.268 e. The molecule has 1 unspecified atom stereocenters. The number of nitrogens with zero attached hydrogens (tertiary/aromatic N) is 1. The molecule has 2 atom stereocenters. The SMILES string of the molecule is CCCCCCCCCCC/C=C\CCCOC[C@@H](O)COP(=O)([O-])OCC[N+](C)(C)C. The normalized spacial score (nSPS) is 15.3. The maximum atomic E-state index is 11.7. The van der Waals surface area contributed by atoms with Crippen LogP contribution in [-0.2, 0) is 18.3 Å². The third kappa shape index (κ3) is 24.4. The van der Waals surface area contributed by atoms with E-state index in [1.54, 1.807) is 0 Å². The van der Waals surface area contributed by atoms with Gasteiger partial charge in [-0.25, -0.2) is 0 Å². The predicted molar refractivity (Wildman–Crippen MR) is 129 cm³/mol. The summed E-state index contributed by atoms with van der Waals surface area (Å²) in [6.07, 6.45) is 18.6. The van der Waals surface area contributed by atoms with Gasteiger partial charge in [0.2, 0.25) is 0 Å². The van der Waals surface area contributed by atoms with Gasteiger partial charge in [-0.3, -0.25) is 4.57 Å². The summed E-state index contributed by atoms with van der Waals surface area (Å²) in [7, 11) is 1.42. The minimum absolute atomic E-state index is 0.0427. The Bertz CT molecular complexity index is 495. The molecule has 0 spiro atoms. The first-order valence-corrected chi connectivity index (χ1v) is 13.9. The highest BCUT2D eigenvalue weighted by Crippen LogP contribution is 2.38. The number of hydrogen-bond acceptors (Lipinski definition) is 6. The number of phosphoric acid groups is 1. The van der Waals surface area contributed by atoms with Gasteiger partial charge in [-0.2, -0.15) is 0 Å². The summed E-state index contributed by atoms with van der Waals surface area (Å²) >= 11 is 0. The van der Waals surface area contributed by atoms with E-state index in [9.17, 15) is 14.6 Å². The lowest BCUT2D eigenvalue weighted by Gasteiger charge is -2.27. The van der Waals surface area contributed by atoms with Crippen LogP contribution in [0.5, 0.6) is 0 Å². The molecular weight excluding hydrogens is 429 g/mol. The van der Waals surface area contributed by atoms with Gasteiger partial charge in [0.25, 0.3) is 7.82 Å². The van der Waals surface area contributed by atoms with E-state index in [-0.39, 0.29) is 19.8 Å². The van der Waals surface area contributed by atoms with Crippen molar-refractivity contribution in [3.05, 3.63) is 12.2 Å². The van der Waals surface area contributed by atoms with Gasteiger partial charge in [0, 0.05) is 6.61 Å². The first kappa shape index (κ1) is 31.7. The number of aliphatic hydroxyl groups is 1. The van der Waals surface area contributed by atoms with E-state index >= 15 is 0 Å². The molecule has 32 heavy (non-hydrogen) atoms. The fourth-order valence-corrected chi connectivity index (χ4v) is 3.75. The number of unbranched alkanes of at least 4 members (excludes halogenated alkanes) is 10. The minimum Gasteiger partial charge on any atom is -0.756 e. The zero-order chi connectivity index (χ0) is 24.1. The van der Waals surface area contributed by atoms with E-state index in [0.717, 1.165) is 19.3 Å². The van der Waals surface area contributed by atoms with Crippen LogP contribution in [0.1, 0.15) is 84.0 Å². The van der Waals surface area contributed by atoms with Gasteiger partial charge < -0.3 is 28.3 Å². The van der Waals surface area contributed by atoms with Crippen molar-refractivity contribution >= 4 is 7.82 Å². The highest BCUT2D eigenvalue weighted by atomic mass is 31.2. The lowest BCUT2D eigenvalue weighted by atomic mass is 10.1. The summed E-state index contributed by atoms with van der Waals surface area (Å²) in [5.41, 5.74) is 0. The number of rotatable bonds is 23. The topological polar surface area (TPSA) is 88.0 Å². The fraction of sp³-hybridized carbons (Fsp3) is 0.917. The van der Waals surface area contributed by atoms with Gasteiger partial charge in [0.15, 0.2) is 0 Å². The highest BCUT2D eigenvalue weighted by molar-refractivity contribution is 7.45. The number of allylic oxidation sites excluding steroid dienone is 2. The van der Waals surface area contributed by atoms with Gasteiger partial charge in [-0.15, -0.1) is 0 Å². The van der Waals surface area contributed by atoms with Crippen LogP contribution >= 0.6 is 7.82 Å². The standard InChI is InChI=1S/C24H50NO6P/c1-5-6-7-8-9-10-11-12-13-14-15-16-17-18-20-29-22-24(26)23-31-32(27,28)30-21-19-25(2,3)4/h15-16,24,26H,5-14,17-23H2,1-4H3/b16-15-/t24-/m1/s1. The Morgan fingerprint density at radius 2 is 1.41 bits per heavy atom. The quantitative estimate of drug-likeness (QED) is 0.0977. The third-order valence-electron chi connectivity index (χ3n) is 5.05. The van der Waals surface area contributed by atoms with Crippen molar-refractivity contribution < 1.29 is 32.8 Å². The molecule has 0 aromatic rings. The number of ether oxygens (including phenoxy) is 1.